The fourth-order valence-corrected chi connectivity index (χ4v) is 0. The second kappa shape index (κ2) is 83.2. The van der Waals surface area contributed by atoms with Gasteiger partial charge in [0.25, 0.3) is 0 Å². The average Bonchev–Trinajstić information content (AvgIpc) is 0.722. The Hall–Kier alpha value is 1.71. The molecule has 0 aromatic rings. The van der Waals surface area contributed by atoms with Crippen LogP contribution in [0.4, 0.5) is 0 Å². The van der Waals surface area contributed by atoms with Gasteiger partial charge >= 0.3 is 66.9 Å². The molecule has 0 bridgehead atoms. The molecule has 17 heavy (non-hydrogen) atoms. The van der Waals surface area contributed by atoms with Crippen molar-refractivity contribution in [2.45, 2.75) is 0 Å². The predicted molar refractivity (Wildman–Crippen MR) is 64.7 cm³/mol. The minimum absolute atomic E-state index is 0. The maximum atomic E-state index is 8.88. The molecule has 0 spiro atoms. The van der Waals surface area contributed by atoms with Crippen LogP contribution in [0.1, 0.15) is 0 Å². The van der Waals surface area contributed by atoms with E-state index in [1.165, 1.54) is 0 Å². The molecule has 0 aliphatic rings. The van der Waals surface area contributed by atoms with E-state index < -0.39 is 7.82 Å². The van der Waals surface area contributed by atoms with Crippen LogP contribution in [0.2, 0.25) is 0 Å². The van der Waals surface area contributed by atoms with Crippen LogP contribution in [0.15, 0.2) is 0 Å². The summed E-state index contributed by atoms with van der Waals surface area (Å²) in [4.78, 5) is 21.6. The van der Waals surface area contributed by atoms with Crippen molar-refractivity contribution < 1.29 is 74.0 Å². The van der Waals surface area contributed by atoms with Crippen molar-refractivity contribution in [2.24, 2.45) is 0 Å². The molecule has 23 N–H and O–H groups in total. The molecule has 0 unspecified atom stereocenters. The van der Waals surface area contributed by atoms with E-state index in [-0.39, 0.29) is 114 Å². The number of hydrogen-bond acceptors (Lipinski definition) is 1. The van der Waals surface area contributed by atoms with E-state index in [0.717, 1.165) is 0 Å². The van der Waals surface area contributed by atoms with Crippen molar-refractivity contribution in [3.8, 4) is 0 Å². The summed E-state index contributed by atoms with van der Waals surface area (Å²) in [5, 5.41) is 0. The van der Waals surface area contributed by atoms with Gasteiger partial charge < -0.3 is 69.4 Å². The van der Waals surface area contributed by atoms with Gasteiger partial charge in [-0.2, -0.15) is 0 Å². The summed E-state index contributed by atoms with van der Waals surface area (Å²) in [5.74, 6) is 0. The summed E-state index contributed by atoms with van der Waals surface area (Å²) in [7, 11) is -4.64. The third kappa shape index (κ3) is 1490. The summed E-state index contributed by atoms with van der Waals surface area (Å²) in [6, 6.07) is 0. The van der Waals surface area contributed by atoms with Gasteiger partial charge in [0.2, 0.25) is 0 Å². The zero-order chi connectivity index (χ0) is 4.50. The van der Waals surface area contributed by atoms with Crippen molar-refractivity contribution in [3.63, 3.8) is 0 Å². The molecule has 0 radical (unpaired) electrons. The van der Waals surface area contributed by atoms with Crippen LogP contribution in [0.3, 0.4) is 0 Å². The zero-order valence-corrected chi connectivity index (χ0v) is 8.09. The van der Waals surface area contributed by atoms with Crippen LogP contribution >= 0.6 is 7.82 Å². The van der Waals surface area contributed by atoms with E-state index in [1.54, 1.807) is 0 Å². The third-order valence-electron chi connectivity index (χ3n) is 0. The Morgan fingerprint density at radius 1 is 0.471 bits per heavy atom. The SMILES string of the molecule is O.O.O.O.O.O.O.O.O.O.O=P(O)(O)O.[NaH].[NaH]. The molecule has 0 aliphatic carbocycles. The van der Waals surface area contributed by atoms with Gasteiger partial charge in [-0.05, 0) is 0 Å². The Morgan fingerprint density at radius 2 is 0.471 bits per heavy atom. The number of rotatable bonds is 0. The Balaban J connectivity index is -0.00000000121. The first-order valence-corrected chi connectivity index (χ1v) is 2.35. The van der Waals surface area contributed by atoms with Gasteiger partial charge in [0.05, 0.1) is 0 Å². The quantitative estimate of drug-likeness (QED) is 0.288. The molecule has 0 amide bonds. The summed E-state index contributed by atoms with van der Waals surface area (Å²) in [6.07, 6.45) is 0. The van der Waals surface area contributed by atoms with Gasteiger partial charge in [-0.25, -0.2) is 4.57 Å². The van der Waals surface area contributed by atoms with Crippen molar-refractivity contribution in [3.05, 3.63) is 0 Å². The fourth-order valence-electron chi connectivity index (χ4n) is 0. The van der Waals surface area contributed by atoms with Gasteiger partial charge in [-0.1, -0.05) is 0 Å². The standard InChI is InChI=1S/2Na.H3O4P.10H2O.2H/c;;1-5(2,3)4;;;;;;;;;;;;/h;;(H3,1,2,3,4);10*1H2;;. The molecule has 0 aromatic carbocycles. The molecule has 17 heteroatoms. The molecule has 0 rings (SSSR count). The third-order valence-corrected chi connectivity index (χ3v) is 0. The second-order valence-electron chi connectivity index (χ2n) is 0.513. The van der Waals surface area contributed by atoms with Gasteiger partial charge in [0, 0.05) is 0 Å². The molecule has 0 atom stereocenters. The van der Waals surface area contributed by atoms with E-state index in [9.17, 15) is 0 Å². The summed E-state index contributed by atoms with van der Waals surface area (Å²) in [5.41, 5.74) is 0. The van der Waals surface area contributed by atoms with Crippen molar-refractivity contribution in [1.82, 2.24) is 0 Å². The Morgan fingerprint density at radius 3 is 0.471 bits per heavy atom. The molecule has 116 valence electrons. The summed E-state index contributed by atoms with van der Waals surface area (Å²) >= 11 is 0. The van der Waals surface area contributed by atoms with Crippen LogP contribution in [0, 0.1) is 0 Å². The second-order valence-corrected chi connectivity index (χ2v) is 1.54. The van der Waals surface area contributed by atoms with Crippen LogP contribution in [-0.4, -0.2) is 129 Å². The molecule has 0 aliphatic heterocycles. The van der Waals surface area contributed by atoms with Crippen molar-refractivity contribution in [2.75, 3.05) is 0 Å². The van der Waals surface area contributed by atoms with Gasteiger partial charge in [0.1, 0.15) is 0 Å². The first-order chi connectivity index (χ1) is 2.00. The van der Waals surface area contributed by atoms with Crippen LogP contribution in [0.5, 0.6) is 0 Å². The topological polar surface area (TPSA) is 393 Å². The van der Waals surface area contributed by atoms with Crippen LogP contribution in [0.25, 0.3) is 0 Å². The fraction of sp³-hybridized carbons (Fsp3) is 0. The normalized spacial score (nSPS) is 3.47. The Labute approximate surface area is 140 Å². The van der Waals surface area contributed by atoms with Crippen molar-refractivity contribution >= 4 is 66.9 Å². The first kappa shape index (κ1) is 180. The van der Waals surface area contributed by atoms with Crippen molar-refractivity contribution in [1.29, 1.82) is 0 Å². The molecule has 0 fully saturated rings. The van der Waals surface area contributed by atoms with Gasteiger partial charge in [0.15, 0.2) is 0 Å². The van der Waals surface area contributed by atoms with E-state index in [1.807, 2.05) is 0 Å². The van der Waals surface area contributed by atoms with Gasteiger partial charge in [-0.15, -0.1) is 0 Å². The summed E-state index contributed by atoms with van der Waals surface area (Å²) < 4.78 is 8.88. The van der Waals surface area contributed by atoms with E-state index in [2.05, 4.69) is 0 Å². The molecule has 0 heterocycles. The first-order valence-electron chi connectivity index (χ1n) is 0.783. The monoisotopic (exact) mass is 326 g/mol. The van der Waals surface area contributed by atoms with E-state index >= 15 is 0 Å². The molecular formula is H25Na2O14P. The molecule has 0 aromatic heterocycles. The minimum atomic E-state index is -4.64. The van der Waals surface area contributed by atoms with E-state index in [0.29, 0.717) is 0 Å². The van der Waals surface area contributed by atoms with Crippen LogP contribution < -0.4 is 0 Å². The maximum absolute atomic E-state index is 8.88. The molecule has 0 saturated carbocycles. The molecule has 14 nitrogen and oxygen atoms in total. The molecular weight excluding hydrogens is 301 g/mol. The summed E-state index contributed by atoms with van der Waals surface area (Å²) in [6.45, 7) is 0. The number of phosphoric acid groups is 1. The Kier molecular flexibility index (Phi) is 881. The zero-order valence-electron chi connectivity index (χ0n) is 7.20. The van der Waals surface area contributed by atoms with Crippen LogP contribution in [-0.2, 0) is 4.57 Å². The average molecular weight is 326 g/mol. The molecule has 0 saturated heterocycles. The Bertz CT molecular complexity index is 60.4. The predicted octanol–water partition coefficient (Wildman–Crippen LogP) is -10.5. The van der Waals surface area contributed by atoms with E-state index in [4.69, 9.17) is 19.2 Å². The number of hydrogen-bond donors (Lipinski definition) is 3. The van der Waals surface area contributed by atoms with Gasteiger partial charge in [-0.3, -0.25) is 0 Å².